The predicted molar refractivity (Wildman–Crippen MR) is 170 cm³/mol. The molecule has 0 spiro atoms. The van der Waals surface area contributed by atoms with E-state index >= 15 is 0 Å². The molecule has 1 N–H and O–H groups in total. The van der Waals surface area contributed by atoms with Gasteiger partial charge in [0.25, 0.3) is 5.69 Å². The average molecular weight is 753 g/mol. The number of fused-ring (bicyclic) bond motifs is 2. The van der Waals surface area contributed by atoms with Gasteiger partial charge in [-0.25, -0.2) is 8.42 Å². The molecule has 0 aliphatic rings. The Labute approximate surface area is 300 Å². The van der Waals surface area contributed by atoms with Crippen LogP contribution < -0.4 is 20.4 Å². The van der Waals surface area contributed by atoms with Crippen LogP contribution in [0.15, 0.2) is 122 Å². The van der Waals surface area contributed by atoms with Gasteiger partial charge in [0.05, 0.1) is 38.0 Å². The maximum absolute atomic E-state index is 12.1. The Morgan fingerprint density at radius 1 is 0.680 bits per heavy atom. The summed E-state index contributed by atoms with van der Waals surface area (Å²) < 4.78 is 33.4. The third-order valence-corrected chi connectivity index (χ3v) is 7.80. The van der Waals surface area contributed by atoms with Crippen LogP contribution in [-0.2, 0) is 27.5 Å². The molecule has 50 heavy (non-hydrogen) atoms. The number of phenols is 1. The second-order valence-corrected chi connectivity index (χ2v) is 11.8. The minimum atomic E-state index is -4.80. The van der Waals surface area contributed by atoms with E-state index in [1.54, 1.807) is 18.2 Å². The molecular formula is C32H19ClCrN5O10S. The number of phenolic OH excluding ortho intramolecular Hbond substituents is 1. The van der Waals surface area contributed by atoms with E-state index in [1.807, 2.05) is 12.1 Å². The Hall–Kier alpha value is -5.83. The van der Waals surface area contributed by atoms with E-state index in [2.05, 4.69) is 20.5 Å². The van der Waals surface area contributed by atoms with Gasteiger partial charge < -0.3 is 30.1 Å². The summed E-state index contributed by atoms with van der Waals surface area (Å²) in [6, 6.07) is 21.2. The van der Waals surface area contributed by atoms with Gasteiger partial charge in [-0.05, 0) is 35.0 Å². The van der Waals surface area contributed by atoms with Crippen LogP contribution in [0.2, 0.25) is 5.02 Å². The molecule has 0 saturated heterocycles. The van der Waals surface area contributed by atoms with Crippen LogP contribution in [0.25, 0.3) is 21.5 Å². The number of hydrogen-bond acceptors (Lipinski definition) is 14. The monoisotopic (exact) mass is 752 g/mol. The quantitative estimate of drug-likeness (QED) is 0.0871. The molecule has 0 saturated carbocycles. The Morgan fingerprint density at radius 3 is 1.90 bits per heavy atom. The fourth-order valence-corrected chi connectivity index (χ4v) is 5.13. The van der Waals surface area contributed by atoms with Crippen molar-refractivity contribution >= 4 is 71.7 Å². The van der Waals surface area contributed by atoms with E-state index in [1.165, 1.54) is 30.3 Å². The van der Waals surface area contributed by atoms with Crippen molar-refractivity contribution < 1.29 is 63.6 Å². The van der Waals surface area contributed by atoms with Gasteiger partial charge in [0.1, 0.15) is 15.9 Å². The van der Waals surface area contributed by atoms with Crippen LogP contribution in [0.4, 0.5) is 28.4 Å². The zero-order chi connectivity index (χ0) is 35.5. The fourth-order valence-electron chi connectivity index (χ4n) is 4.43. The Balaban J connectivity index is 0.000000343. The van der Waals surface area contributed by atoms with Gasteiger partial charge in [-0.1, -0.05) is 95.3 Å². The van der Waals surface area contributed by atoms with Gasteiger partial charge in [-0.15, -0.1) is 0 Å². The van der Waals surface area contributed by atoms with Crippen molar-refractivity contribution in [3.05, 3.63) is 112 Å². The smallest absolute Gasteiger partial charge is 0.871 e. The van der Waals surface area contributed by atoms with E-state index in [9.17, 15) is 48.6 Å². The molecule has 0 amide bonds. The molecule has 0 fully saturated rings. The van der Waals surface area contributed by atoms with E-state index < -0.39 is 42.9 Å². The number of azo groups is 2. The van der Waals surface area contributed by atoms with E-state index in [0.29, 0.717) is 5.39 Å². The molecule has 0 aliphatic heterocycles. The number of nitrogens with zero attached hydrogens (tertiary/aromatic N) is 5. The van der Waals surface area contributed by atoms with Crippen LogP contribution >= 0.6 is 11.6 Å². The van der Waals surface area contributed by atoms with Crippen molar-refractivity contribution in [2.45, 2.75) is 4.90 Å². The van der Waals surface area contributed by atoms with Gasteiger partial charge in [0.15, 0.2) is 0 Å². The average Bonchev–Trinajstić information content (AvgIpc) is 3.05. The van der Waals surface area contributed by atoms with Crippen LogP contribution in [-0.4, -0.2) is 23.0 Å². The van der Waals surface area contributed by atoms with Crippen molar-refractivity contribution in [3.63, 3.8) is 0 Å². The van der Waals surface area contributed by atoms with Crippen molar-refractivity contribution in [2.24, 2.45) is 20.5 Å². The number of nitro groups is 1. The Morgan fingerprint density at radius 2 is 1.24 bits per heavy atom. The van der Waals surface area contributed by atoms with Crippen LogP contribution in [0.5, 0.6) is 28.7 Å². The summed E-state index contributed by atoms with van der Waals surface area (Å²) in [5.41, 5.74) is -0.791. The standard InChI is InChI=1S/C16H11ClN2O6S.C16H11N3O4.Cr/c17-9-2-4-12(20)11(6-9)18-19-16-13(21)3-1-8-5-10(26(23,24)25)7-14(22)15(8)16;20-14-8-6-11(19(22)23)9-13(14)17-18-16-12-4-2-1-3-10(12)5-7-15(16)21;/h1-7,20-22H,(H,23,24,25);1-9,20-21H;/q;;+3/p-3. The first-order chi connectivity index (χ1) is 23.2. The summed E-state index contributed by atoms with van der Waals surface area (Å²) in [6.45, 7) is 0. The third-order valence-electron chi connectivity index (χ3n) is 6.75. The summed E-state index contributed by atoms with van der Waals surface area (Å²) in [6.07, 6.45) is 0. The zero-order valence-corrected chi connectivity index (χ0v) is 27.6. The summed E-state index contributed by atoms with van der Waals surface area (Å²) in [5.74, 6) is -2.58. The molecular weight excluding hydrogens is 734 g/mol. The number of non-ortho nitro benzene ring substituents is 1. The van der Waals surface area contributed by atoms with Gasteiger partial charge in [0, 0.05) is 22.5 Å². The molecule has 251 valence electrons. The molecule has 15 nitrogen and oxygen atoms in total. The van der Waals surface area contributed by atoms with Crippen LogP contribution in [0.1, 0.15) is 2.85 Å². The molecule has 6 aromatic rings. The SMILES string of the molecule is O=S(=O)([O-])c1cc(O)c2c(N=Nc3cc(Cl)ccc3[O-])c([O-])ccc2c1.O=[N+]([O-])c1ccc([O-])c(N=Nc2c([O-])ccc3ccccc23)c1.[Cr+3].[H+].[H+]. The Kier molecular flexibility index (Phi) is 11.2. The molecule has 0 atom stereocenters. The number of hydrogen-bond donors (Lipinski definition) is 1. The zero-order valence-electron chi connectivity index (χ0n) is 26.8. The summed E-state index contributed by atoms with van der Waals surface area (Å²) in [7, 11) is -4.80. The minimum absolute atomic E-state index is 0. The fraction of sp³-hybridized carbons (Fsp3) is 0. The predicted octanol–water partition coefficient (Wildman–Crippen LogP) is 6.20. The largest absolute Gasteiger partial charge is 3.00 e. The normalized spacial score (nSPS) is 11.4. The van der Waals surface area contributed by atoms with Crippen molar-refractivity contribution in [1.82, 2.24) is 0 Å². The summed E-state index contributed by atoms with van der Waals surface area (Å²) in [5, 5.41) is 85.0. The van der Waals surface area contributed by atoms with Gasteiger partial charge in [-0.3, -0.25) is 10.1 Å². The minimum Gasteiger partial charge on any atom is -0.871 e. The van der Waals surface area contributed by atoms with Crippen molar-refractivity contribution in [1.29, 1.82) is 0 Å². The number of benzene rings is 6. The molecule has 1 radical (unpaired) electrons. The van der Waals surface area contributed by atoms with Crippen LogP contribution in [0, 0.1) is 10.1 Å². The van der Waals surface area contributed by atoms with Crippen LogP contribution in [0.3, 0.4) is 0 Å². The maximum atomic E-state index is 12.1. The molecule has 0 heterocycles. The van der Waals surface area contributed by atoms with Gasteiger partial charge in [0.2, 0.25) is 0 Å². The molecule has 0 bridgehead atoms. The molecule has 6 aromatic carbocycles. The topological polar surface area (TPSA) is 262 Å². The molecule has 0 unspecified atom stereocenters. The third kappa shape index (κ3) is 8.24. The van der Waals surface area contributed by atoms with E-state index in [4.69, 9.17) is 11.6 Å². The summed E-state index contributed by atoms with van der Waals surface area (Å²) in [4.78, 5) is 9.47. The van der Waals surface area contributed by atoms with Crippen molar-refractivity contribution in [3.8, 4) is 28.7 Å². The van der Waals surface area contributed by atoms with Gasteiger partial charge >= 0.3 is 20.2 Å². The molecule has 0 aliphatic carbocycles. The van der Waals surface area contributed by atoms with E-state index in [-0.39, 0.29) is 70.2 Å². The van der Waals surface area contributed by atoms with Gasteiger partial charge in [-0.2, -0.15) is 20.5 Å². The number of halogens is 1. The van der Waals surface area contributed by atoms with E-state index in [0.717, 1.165) is 41.8 Å². The number of aromatic hydroxyl groups is 1. The Bertz CT molecular complexity index is 2460. The molecule has 6 rings (SSSR count). The summed E-state index contributed by atoms with van der Waals surface area (Å²) >= 11 is 5.78. The second kappa shape index (κ2) is 15.2. The molecule has 18 heteroatoms. The van der Waals surface area contributed by atoms with Crippen molar-refractivity contribution in [2.75, 3.05) is 0 Å². The number of nitro benzene ring substituents is 1. The first kappa shape index (κ1) is 37.0. The first-order valence-corrected chi connectivity index (χ1v) is 15.4. The first-order valence-electron chi connectivity index (χ1n) is 13.6. The second-order valence-electron chi connectivity index (χ2n) is 9.96. The number of rotatable bonds is 6. The molecule has 0 aromatic heterocycles. The maximum Gasteiger partial charge on any atom is 3.00 e.